The molecule has 148 valence electrons. The minimum absolute atomic E-state index is 0.0642. The summed E-state index contributed by atoms with van der Waals surface area (Å²) >= 11 is 0. The third-order valence-corrected chi connectivity index (χ3v) is 8.83. The quantitative estimate of drug-likeness (QED) is 0.605. The van der Waals surface area contributed by atoms with E-state index < -0.39 is 0 Å². The topological polar surface area (TPSA) is 88.5 Å². The van der Waals surface area contributed by atoms with Crippen LogP contribution in [0.4, 0.5) is 0 Å². The lowest BCUT2D eigenvalue weighted by atomic mass is 9.43. The third-order valence-electron chi connectivity index (χ3n) is 8.83. The van der Waals surface area contributed by atoms with Gasteiger partial charge in [-0.1, -0.05) is 19.0 Å². The van der Waals surface area contributed by atoms with Crippen LogP contribution in [0, 0.1) is 51.8 Å². The summed E-state index contributed by atoms with van der Waals surface area (Å²) in [7, 11) is 0. The van der Waals surface area contributed by atoms with E-state index in [2.05, 4.69) is 25.1 Å². The molecule has 2 N–H and O–H groups in total. The Morgan fingerprint density at radius 2 is 2.04 bits per heavy atom. The van der Waals surface area contributed by atoms with Crippen molar-refractivity contribution >= 4 is 11.5 Å². The number of rotatable bonds is 3. The van der Waals surface area contributed by atoms with Gasteiger partial charge in [-0.15, -0.1) is 0 Å². The molecule has 4 rings (SSSR count). The predicted molar refractivity (Wildman–Crippen MR) is 104 cm³/mol. The zero-order valence-electron chi connectivity index (χ0n) is 16.7. The Kier molecular flexibility index (Phi) is 4.83. The second-order valence-electron chi connectivity index (χ2n) is 9.86. The predicted octanol–water partition coefficient (Wildman–Crippen LogP) is 3.68. The van der Waals surface area contributed by atoms with Gasteiger partial charge < -0.3 is 10.6 Å². The fourth-order valence-corrected chi connectivity index (χ4v) is 7.33. The average molecular weight is 372 g/mol. The minimum Gasteiger partial charge on any atom is -0.395 e. The minimum atomic E-state index is -0.123. The number of carbonyl (C=O) groups is 1. The highest BCUT2D eigenvalue weighted by Gasteiger charge is 2.62. The standard InChI is InChI=1S/C22H33N3O2/c1-21-7-5-15(25-27-10-9-23)12-19(21)14(13-24)11-16-17-3-4-20(26)22(17,2)8-6-18(16)21/h14,16-19H,3-12,23H2,1-2H3/t14-,16+,17+,18+,19?,21-,22+/m1/s1. The number of ketones is 1. The molecule has 0 aromatic heterocycles. The summed E-state index contributed by atoms with van der Waals surface area (Å²) in [6.45, 7) is 5.56. The van der Waals surface area contributed by atoms with E-state index in [1.54, 1.807) is 0 Å². The van der Waals surface area contributed by atoms with Crippen molar-refractivity contribution in [3.63, 3.8) is 0 Å². The Labute approximate surface area is 162 Å². The summed E-state index contributed by atoms with van der Waals surface area (Å²) in [6.07, 6.45) is 7.85. The molecule has 0 bridgehead atoms. The lowest BCUT2D eigenvalue weighted by Crippen LogP contribution is -2.56. The second-order valence-corrected chi connectivity index (χ2v) is 9.86. The molecule has 4 fully saturated rings. The lowest BCUT2D eigenvalue weighted by molar-refractivity contribution is -0.139. The van der Waals surface area contributed by atoms with Crippen molar-refractivity contribution in [1.82, 2.24) is 0 Å². The van der Waals surface area contributed by atoms with E-state index in [1.165, 1.54) is 0 Å². The molecule has 0 spiro atoms. The monoisotopic (exact) mass is 371 g/mol. The number of fused-ring (bicyclic) bond motifs is 5. The molecular weight excluding hydrogens is 338 g/mol. The molecule has 0 aromatic rings. The van der Waals surface area contributed by atoms with Crippen molar-refractivity contribution in [2.75, 3.05) is 13.2 Å². The van der Waals surface area contributed by atoms with Gasteiger partial charge in [0.25, 0.3) is 0 Å². The molecule has 4 aliphatic rings. The van der Waals surface area contributed by atoms with Crippen LogP contribution in [0.3, 0.4) is 0 Å². The normalized spacial score (nSPS) is 47.7. The van der Waals surface area contributed by atoms with Crippen molar-refractivity contribution in [2.45, 2.75) is 65.2 Å². The maximum atomic E-state index is 12.6. The van der Waals surface area contributed by atoms with Crippen LogP contribution in [0.5, 0.6) is 0 Å². The number of nitrogens with two attached hydrogens (primary N) is 1. The molecule has 27 heavy (non-hydrogen) atoms. The molecule has 4 aliphatic carbocycles. The molecule has 7 atom stereocenters. The van der Waals surface area contributed by atoms with Gasteiger partial charge in [0, 0.05) is 18.4 Å². The number of hydrogen-bond donors (Lipinski definition) is 1. The molecule has 1 unspecified atom stereocenters. The lowest BCUT2D eigenvalue weighted by Gasteiger charge is -2.60. The fourth-order valence-electron chi connectivity index (χ4n) is 7.33. The Bertz CT molecular complexity index is 684. The van der Waals surface area contributed by atoms with Crippen molar-refractivity contribution in [3.05, 3.63) is 0 Å². The number of carbonyl (C=O) groups excluding carboxylic acids is 1. The first-order valence-corrected chi connectivity index (χ1v) is 10.7. The van der Waals surface area contributed by atoms with Crippen molar-refractivity contribution in [2.24, 2.45) is 51.3 Å². The van der Waals surface area contributed by atoms with Crippen LogP contribution in [0.25, 0.3) is 0 Å². The van der Waals surface area contributed by atoms with Gasteiger partial charge >= 0.3 is 0 Å². The highest BCUT2D eigenvalue weighted by Crippen LogP contribution is 2.66. The molecule has 0 aromatic carbocycles. The Morgan fingerprint density at radius 3 is 2.78 bits per heavy atom. The van der Waals surface area contributed by atoms with E-state index in [0.717, 1.165) is 57.1 Å². The second kappa shape index (κ2) is 6.88. The maximum Gasteiger partial charge on any atom is 0.139 e. The van der Waals surface area contributed by atoms with Crippen LogP contribution in [0.1, 0.15) is 65.2 Å². The van der Waals surface area contributed by atoms with Gasteiger partial charge in [-0.25, -0.2) is 0 Å². The van der Waals surface area contributed by atoms with E-state index in [4.69, 9.17) is 10.6 Å². The van der Waals surface area contributed by atoms with Crippen LogP contribution < -0.4 is 5.73 Å². The van der Waals surface area contributed by atoms with Crippen LogP contribution in [-0.4, -0.2) is 24.6 Å². The van der Waals surface area contributed by atoms with Gasteiger partial charge in [-0.05, 0) is 74.0 Å². The average Bonchev–Trinajstić information content (AvgIpc) is 2.96. The number of oxime groups is 1. The molecule has 5 nitrogen and oxygen atoms in total. The number of nitrogens with zero attached hydrogens (tertiary/aromatic N) is 2. The first-order valence-electron chi connectivity index (χ1n) is 10.7. The first-order chi connectivity index (χ1) is 12.9. The third kappa shape index (κ3) is 2.83. The van der Waals surface area contributed by atoms with Crippen LogP contribution in [0.2, 0.25) is 0 Å². The van der Waals surface area contributed by atoms with Crippen molar-refractivity contribution in [1.29, 1.82) is 5.26 Å². The van der Waals surface area contributed by atoms with Crippen LogP contribution in [-0.2, 0) is 9.63 Å². The zero-order valence-corrected chi connectivity index (χ0v) is 16.7. The SMILES string of the molecule is C[C@]12CCC(=NOCCN)CC1[C@@H](C#N)C[C@@H]1[C@@H]2CC[C@]2(C)C(=O)CC[C@@H]12. The molecule has 0 amide bonds. The Morgan fingerprint density at radius 1 is 1.22 bits per heavy atom. The summed E-state index contributed by atoms with van der Waals surface area (Å²) in [5, 5.41) is 14.3. The molecular formula is C22H33N3O2. The maximum absolute atomic E-state index is 12.6. The molecule has 0 saturated heterocycles. The van der Waals surface area contributed by atoms with Gasteiger partial charge in [-0.2, -0.15) is 5.26 Å². The summed E-state index contributed by atoms with van der Waals surface area (Å²) in [5.74, 6) is 2.56. The van der Waals surface area contributed by atoms with Gasteiger partial charge in [0.15, 0.2) is 0 Å². The van der Waals surface area contributed by atoms with E-state index >= 15 is 0 Å². The molecule has 0 aliphatic heterocycles. The zero-order chi connectivity index (χ0) is 19.2. The van der Waals surface area contributed by atoms with Gasteiger partial charge in [0.2, 0.25) is 0 Å². The van der Waals surface area contributed by atoms with Crippen molar-refractivity contribution in [3.8, 4) is 6.07 Å². The summed E-state index contributed by atoms with van der Waals surface area (Å²) in [6, 6.07) is 2.65. The Hall–Kier alpha value is -1.41. The van der Waals surface area contributed by atoms with Gasteiger partial charge in [-0.3, -0.25) is 4.79 Å². The summed E-state index contributed by atoms with van der Waals surface area (Å²) < 4.78 is 0. The smallest absolute Gasteiger partial charge is 0.139 e. The Balaban J connectivity index is 1.60. The van der Waals surface area contributed by atoms with E-state index in [0.29, 0.717) is 42.6 Å². The van der Waals surface area contributed by atoms with E-state index in [9.17, 15) is 10.1 Å². The van der Waals surface area contributed by atoms with E-state index in [-0.39, 0.29) is 16.7 Å². The molecule has 5 heteroatoms. The van der Waals surface area contributed by atoms with Crippen LogP contribution in [0.15, 0.2) is 5.16 Å². The highest BCUT2D eigenvalue weighted by molar-refractivity contribution is 5.87. The summed E-state index contributed by atoms with van der Waals surface area (Å²) in [4.78, 5) is 17.9. The molecule has 4 saturated carbocycles. The van der Waals surface area contributed by atoms with Crippen LogP contribution >= 0.6 is 0 Å². The largest absolute Gasteiger partial charge is 0.395 e. The number of Topliss-reactive ketones (excluding diaryl/α,β-unsaturated/α-hetero) is 1. The van der Waals surface area contributed by atoms with Crippen molar-refractivity contribution < 1.29 is 9.63 Å². The first kappa shape index (κ1) is 18.9. The molecule has 0 radical (unpaired) electrons. The number of nitriles is 1. The fraction of sp³-hybridized carbons (Fsp3) is 0.864. The van der Waals surface area contributed by atoms with E-state index in [1.807, 2.05) is 0 Å². The molecule has 0 heterocycles. The van der Waals surface area contributed by atoms with Gasteiger partial charge in [0.1, 0.15) is 12.4 Å². The highest BCUT2D eigenvalue weighted by atomic mass is 16.6. The summed E-state index contributed by atoms with van der Waals surface area (Å²) in [5.41, 5.74) is 6.65. The number of hydrogen-bond acceptors (Lipinski definition) is 5. The van der Waals surface area contributed by atoms with Gasteiger partial charge in [0.05, 0.1) is 17.7 Å².